The van der Waals surface area contributed by atoms with Crippen molar-refractivity contribution in [3.8, 4) is 0 Å². The number of para-hydroxylation sites is 1. The molecule has 1 aliphatic heterocycles. The second-order valence-corrected chi connectivity index (χ2v) is 8.69. The molecule has 0 aromatic heterocycles. The molecule has 0 saturated heterocycles. The molecule has 0 aliphatic carbocycles. The highest BCUT2D eigenvalue weighted by Gasteiger charge is 2.29. The lowest BCUT2D eigenvalue weighted by Crippen LogP contribution is -2.39. The average molecular weight is 347 g/mol. The summed E-state index contributed by atoms with van der Waals surface area (Å²) in [5.41, 5.74) is 2.66. The fourth-order valence-electron chi connectivity index (χ4n) is 3.31. The fourth-order valence-corrected chi connectivity index (χ4v) is 4.55. The molecule has 0 amide bonds. The number of hydrogen-bond donors (Lipinski definition) is 0. The van der Waals surface area contributed by atoms with Crippen molar-refractivity contribution in [1.29, 1.82) is 0 Å². The molecule has 1 aliphatic rings. The summed E-state index contributed by atoms with van der Waals surface area (Å²) in [5.74, 6) is 0. The minimum Gasteiger partial charge on any atom is -0.339 e. The van der Waals surface area contributed by atoms with E-state index in [-0.39, 0.29) is 5.41 Å². The van der Waals surface area contributed by atoms with E-state index in [1.54, 1.807) is 0 Å². The molecule has 0 radical (unpaired) electrons. The molecule has 23 heavy (non-hydrogen) atoms. The Morgan fingerprint density at radius 2 is 1.74 bits per heavy atom. The molecule has 1 heterocycles. The Hall–Kier alpha value is -1.16. The Kier molecular flexibility index (Phi) is 4.63. The third kappa shape index (κ3) is 3.68. The van der Waals surface area contributed by atoms with Crippen LogP contribution in [0.25, 0.3) is 0 Å². The average Bonchev–Trinajstić information content (AvgIpc) is 2.46. The van der Waals surface area contributed by atoms with Crippen molar-refractivity contribution in [2.45, 2.75) is 23.6 Å². The number of rotatable bonds is 4. The third-order valence-corrected chi connectivity index (χ3v) is 5.28. The first kappa shape index (κ1) is 16.7. The topological polar surface area (TPSA) is 6.48 Å². The molecule has 0 N–H and O–H groups in total. The van der Waals surface area contributed by atoms with Crippen LogP contribution in [0.15, 0.2) is 52.3 Å². The number of benzene rings is 2. The van der Waals surface area contributed by atoms with Crippen LogP contribution in [-0.2, 0) is 0 Å². The van der Waals surface area contributed by atoms with Crippen molar-refractivity contribution >= 4 is 34.7 Å². The highest BCUT2D eigenvalue weighted by atomic mass is 35.5. The molecule has 0 unspecified atom stereocenters. The Balaban J connectivity index is 2.03. The van der Waals surface area contributed by atoms with Gasteiger partial charge >= 0.3 is 0 Å². The standard InChI is InChI=1S/C19H23ClN2S/c1-19(2,12-21(3)4)13-22-15-7-5-6-8-17(15)23-18-10-9-14(20)11-16(18)22/h5-11H,12-13H2,1-4H3. The van der Waals surface area contributed by atoms with Gasteiger partial charge in [0.15, 0.2) is 0 Å². The van der Waals surface area contributed by atoms with E-state index in [9.17, 15) is 0 Å². The predicted octanol–water partition coefficient (Wildman–Crippen LogP) is 5.53. The number of nitrogens with zero attached hydrogens (tertiary/aromatic N) is 2. The summed E-state index contributed by atoms with van der Waals surface area (Å²) >= 11 is 8.10. The molecular formula is C19H23ClN2S. The van der Waals surface area contributed by atoms with E-state index in [1.165, 1.54) is 21.2 Å². The predicted molar refractivity (Wildman–Crippen MR) is 101 cm³/mol. The first-order chi connectivity index (χ1) is 10.9. The van der Waals surface area contributed by atoms with E-state index >= 15 is 0 Å². The van der Waals surface area contributed by atoms with Gasteiger partial charge in [0.2, 0.25) is 0 Å². The maximum atomic E-state index is 6.28. The maximum Gasteiger partial charge on any atom is 0.0567 e. The monoisotopic (exact) mass is 346 g/mol. The molecule has 0 saturated carbocycles. The van der Waals surface area contributed by atoms with Gasteiger partial charge in [-0.25, -0.2) is 0 Å². The van der Waals surface area contributed by atoms with Crippen molar-refractivity contribution in [2.24, 2.45) is 5.41 Å². The van der Waals surface area contributed by atoms with E-state index in [0.717, 1.165) is 18.1 Å². The number of fused-ring (bicyclic) bond motifs is 2. The van der Waals surface area contributed by atoms with Crippen LogP contribution < -0.4 is 4.90 Å². The van der Waals surface area contributed by atoms with Crippen molar-refractivity contribution in [3.05, 3.63) is 47.5 Å². The van der Waals surface area contributed by atoms with Crippen LogP contribution in [0.1, 0.15) is 13.8 Å². The van der Waals surface area contributed by atoms with E-state index in [4.69, 9.17) is 11.6 Å². The van der Waals surface area contributed by atoms with Gasteiger partial charge in [-0.2, -0.15) is 0 Å². The third-order valence-electron chi connectivity index (χ3n) is 3.92. The van der Waals surface area contributed by atoms with Gasteiger partial charge in [-0.1, -0.05) is 49.3 Å². The minimum atomic E-state index is 0.165. The summed E-state index contributed by atoms with van der Waals surface area (Å²) in [7, 11) is 4.26. The summed E-state index contributed by atoms with van der Waals surface area (Å²) in [6.07, 6.45) is 0. The van der Waals surface area contributed by atoms with E-state index < -0.39 is 0 Å². The summed E-state index contributed by atoms with van der Waals surface area (Å²) < 4.78 is 0. The Morgan fingerprint density at radius 1 is 1.04 bits per heavy atom. The first-order valence-corrected chi connectivity index (χ1v) is 9.04. The minimum absolute atomic E-state index is 0.165. The van der Waals surface area contributed by atoms with Crippen LogP contribution in [-0.4, -0.2) is 32.1 Å². The number of halogens is 1. The highest BCUT2D eigenvalue weighted by molar-refractivity contribution is 7.99. The molecule has 2 nitrogen and oxygen atoms in total. The number of hydrogen-bond acceptors (Lipinski definition) is 3. The zero-order chi connectivity index (χ0) is 16.6. The molecule has 2 aromatic rings. The lowest BCUT2D eigenvalue weighted by atomic mass is 9.91. The van der Waals surface area contributed by atoms with Gasteiger partial charge in [0.1, 0.15) is 0 Å². The Bertz CT molecular complexity index is 712. The van der Waals surface area contributed by atoms with Gasteiger partial charge < -0.3 is 9.80 Å². The summed E-state index contributed by atoms with van der Waals surface area (Å²) in [5, 5.41) is 0.791. The normalized spacial score (nSPS) is 13.9. The van der Waals surface area contributed by atoms with Gasteiger partial charge in [-0.05, 0) is 49.8 Å². The zero-order valence-electron chi connectivity index (χ0n) is 14.1. The van der Waals surface area contributed by atoms with Crippen LogP contribution in [0.5, 0.6) is 0 Å². The Morgan fingerprint density at radius 3 is 2.48 bits per heavy atom. The molecule has 122 valence electrons. The Labute approximate surface area is 148 Å². The van der Waals surface area contributed by atoms with Crippen molar-refractivity contribution < 1.29 is 0 Å². The summed E-state index contributed by atoms with van der Waals surface area (Å²) in [6, 6.07) is 14.8. The highest BCUT2D eigenvalue weighted by Crippen LogP contribution is 2.49. The van der Waals surface area contributed by atoms with Gasteiger partial charge in [0.25, 0.3) is 0 Å². The molecule has 0 atom stereocenters. The van der Waals surface area contributed by atoms with E-state index in [0.29, 0.717) is 0 Å². The molecule has 3 rings (SSSR count). The van der Waals surface area contributed by atoms with Crippen LogP contribution >= 0.6 is 23.4 Å². The number of anilines is 2. The van der Waals surface area contributed by atoms with Crippen molar-refractivity contribution in [1.82, 2.24) is 4.90 Å². The molecule has 0 bridgehead atoms. The maximum absolute atomic E-state index is 6.28. The lowest BCUT2D eigenvalue weighted by Gasteiger charge is -2.39. The van der Waals surface area contributed by atoms with Gasteiger partial charge in [0.05, 0.1) is 11.4 Å². The SMILES string of the molecule is CN(C)CC(C)(C)CN1c2ccccc2Sc2ccc(Cl)cc21. The molecule has 2 aromatic carbocycles. The lowest BCUT2D eigenvalue weighted by molar-refractivity contribution is 0.247. The second kappa shape index (κ2) is 6.39. The molecule has 0 fully saturated rings. The fraction of sp³-hybridized carbons (Fsp3) is 0.368. The quantitative estimate of drug-likeness (QED) is 0.718. The van der Waals surface area contributed by atoms with Crippen LogP contribution in [0.2, 0.25) is 5.02 Å². The smallest absolute Gasteiger partial charge is 0.0567 e. The second-order valence-electron chi connectivity index (χ2n) is 7.17. The van der Waals surface area contributed by atoms with Gasteiger partial charge in [0, 0.05) is 27.9 Å². The molecule has 0 spiro atoms. The molecular weight excluding hydrogens is 324 g/mol. The summed E-state index contributed by atoms with van der Waals surface area (Å²) in [6.45, 7) is 6.63. The van der Waals surface area contributed by atoms with Gasteiger partial charge in [-0.3, -0.25) is 0 Å². The van der Waals surface area contributed by atoms with Crippen LogP contribution in [0.3, 0.4) is 0 Å². The van der Waals surface area contributed by atoms with E-state index in [2.05, 4.69) is 74.1 Å². The first-order valence-electron chi connectivity index (χ1n) is 7.84. The largest absolute Gasteiger partial charge is 0.339 e. The van der Waals surface area contributed by atoms with E-state index in [1.807, 2.05) is 17.8 Å². The van der Waals surface area contributed by atoms with Crippen molar-refractivity contribution in [2.75, 3.05) is 32.1 Å². The van der Waals surface area contributed by atoms with Gasteiger partial charge in [-0.15, -0.1) is 0 Å². The molecule has 4 heteroatoms. The zero-order valence-corrected chi connectivity index (χ0v) is 15.7. The van der Waals surface area contributed by atoms with Crippen LogP contribution in [0.4, 0.5) is 11.4 Å². The van der Waals surface area contributed by atoms with Crippen LogP contribution in [0, 0.1) is 5.41 Å². The van der Waals surface area contributed by atoms with Crippen molar-refractivity contribution in [3.63, 3.8) is 0 Å². The summed E-state index contributed by atoms with van der Waals surface area (Å²) in [4.78, 5) is 7.26.